The number of carbonyl (C=O) groups is 3. The first-order valence-electron chi connectivity index (χ1n) is 12.4. The van der Waals surface area contributed by atoms with Crippen molar-refractivity contribution in [2.24, 2.45) is 0 Å². The second-order valence-electron chi connectivity index (χ2n) is 9.04. The van der Waals surface area contributed by atoms with E-state index in [1.165, 1.54) is 30.2 Å². The van der Waals surface area contributed by atoms with Crippen LogP contribution in [0.15, 0.2) is 75.9 Å². The predicted octanol–water partition coefficient (Wildman–Crippen LogP) is 5.43. The van der Waals surface area contributed by atoms with Crippen molar-refractivity contribution < 1.29 is 32.7 Å². The monoisotopic (exact) mass is 529 g/mol. The Morgan fingerprint density at radius 2 is 1.62 bits per heavy atom. The van der Waals surface area contributed by atoms with Crippen molar-refractivity contribution in [3.63, 3.8) is 0 Å². The molecule has 0 saturated heterocycles. The van der Waals surface area contributed by atoms with Gasteiger partial charge in [-0.05, 0) is 66.6 Å². The Morgan fingerprint density at radius 3 is 2.28 bits per heavy atom. The molecular formula is C30H24FNO7. The molecule has 0 saturated carbocycles. The number of anilines is 1. The first-order chi connectivity index (χ1) is 18.8. The predicted molar refractivity (Wildman–Crippen MR) is 141 cm³/mol. The van der Waals surface area contributed by atoms with Crippen molar-refractivity contribution in [1.82, 2.24) is 0 Å². The number of unbranched alkanes of at least 4 members (excludes halogenated alkanes) is 1. The fraction of sp³-hybridized carbons (Fsp3) is 0.200. The highest BCUT2D eigenvalue weighted by Crippen LogP contribution is 2.41. The van der Waals surface area contributed by atoms with Gasteiger partial charge in [-0.15, -0.1) is 0 Å². The lowest BCUT2D eigenvalue weighted by molar-refractivity contribution is 0.0499. The molecule has 8 nitrogen and oxygen atoms in total. The van der Waals surface area contributed by atoms with Crippen LogP contribution < -0.4 is 10.3 Å². The number of carbonyl (C=O) groups excluding carboxylic acids is 3. The van der Waals surface area contributed by atoms with Crippen LogP contribution in [0.2, 0.25) is 0 Å². The molecule has 4 aromatic rings. The molecule has 5 rings (SSSR count). The lowest BCUT2D eigenvalue weighted by atomic mass is 9.97. The summed E-state index contributed by atoms with van der Waals surface area (Å²) in [6.07, 6.45) is 1.64. The van der Waals surface area contributed by atoms with Gasteiger partial charge in [0.15, 0.2) is 5.43 Å². The number of halogens is 1. The molecule has 198 valence electrons. The summed E-state index contributed by atoms with van der Waals surface area (Å²) in [7, 11) is 1.27. The standard InChI is InChI=1S/C30H24FNO7/c1-3-4-15-38-30(36)19-9-12-21(13-10-19)32-25(17-5-7-18(8-6-17)29(35)37-2)24-26(33)22-16-20(31)11-14-23(22)39-27(24)28(32)34/h5-14,16,25H,3-4,15H2,1-2H3. The zero-order valence-electron chi connectivity index (χ0n) is 21.2. The maximum atomic E-state index is 14.0. The van der Waals surface area contributed by atoms with Crippen LogP contribution >= 0.6 is 0 Å². The topological polar surface area (TPSA) is 103 Å². The van der Waals surface area contributed by atoms with Gasteiger partial charge < -0.3 is 13.9 Å². The molecule has 0 spiro atoms. The smallest absolute Gasteiger partial charge is 0.338 e. The lowest BCUT2D eigenvalue weighted by Crippen LogP contribution is -2.29. The fourth-order valence-electron chi connectivity index (χ4n) is 4.60. The highest BCUT2D eigenvalue weighted by Gasteiger charge is 2.43. The van der Waals surface area contributed by atoms with E-state index in [0.29, 0.717) is 23.4 Å². The maximum absolute atomic E-state index is 14.0. The summed E-state index contributed by atoms with van der Waals surface area (Å²) in [5.41, 5.74) is 1.10. The Morgan fingerprint density at radius 1 is 0.949 bits per heavy atom. The number of hydrogen-bond donors (Lipinski definition) is 0. The van der Waals surface area contributed by atoms with Crippen LogP contribution in [0.5, 0.6) is 0 Å². The van der Waals surface area contributed by atoms with Gasteiger partial charge in [0.05, 0.1) is 41.8 Å². The van der Waals surface area contributed by atoms with Crippen LogP contribution in [0.25, 0.3) is 11.0 Å². The van der Waals surface area contributed by atoms with Gasteiger partial charge in [-0.25, -0.2) is 14.0 Å². The van der Waals surface area contributed by atoms with E-state index in [9.17, 15) is 23.6 Å². The quantitative estimate of drug-likeness (QED) is 0.232. The number of rotatable bonds is 7. The first-order valence-corrected chi connectivity index (χ1v) is 12.4. The van der Waals surface area contributed by atoms with E-state index in [1.54, 1.807) is 36.4 Å². The number of esters is 2. The molecule has 0 bridgehead atoms. The molecule has 2 heterocycles. The van der Waals surface area contributed by atoms with E-state index < -0.39 is 35.1 Å². The van der Waals surface area contributed by atoms with E-state index >= 15 is 0 Å². The summed E-state index contributed by atoms with van der Waals surface area (Å²) in [5, 5.41) is 0.00440. The summed E-state index contributed by atoms with van der Waals surface area (Å²) in [4.78, 5) is 53.0. The summed E-state index contributed by atoms with van der Waals surface area (Å²) in [6, 6.07) is 15.1. The number of fused-ring (bicyclic) bond motifs is 2. The minimum atomic E-state index is -0.939. The molecule has 1 unspecified atom stereocenters. The van der Waals surface area contributed by atoms with Crippen LogP contribution in [0.1, 0.15) is 68.2 Å². The number of ether oxygens (including phenoxy) is 2. The van der Waals surface area contributed by atoms with E-state index in [-0.39, 0.29) is 27.9 Å². The molecular weight excluding hydrogens is 505 g/mol. The van der Waals surface area contributed by atoms with Gasteiger partial charge in [0.25, 0.3) is 5.91 Å². The summed E-state index contributed by atoms with van der Waals surface area (Å²) >= 11 is 0. The molecule has 1 aromatic heterocycles. The van der Waals surface area contributed by atoms with E-state index in [0.717, 1.165) is 25.0 Å². The molecule has 1 aliphatic rings. The van der Waals surface area contributed by atoms with Crippen LogP contribution in [-0.2, 0) is 9.47 Å². The van der Waals surface area contributed by atoms with Crippen molar-refractivity contribution in [3.8, 4) is 0 Å². The molecule has 1 aliphatic heterocycles. The number of hydrogen-bond acceptors (Lipinski definition) is 7. The molecule has 3 aromatic carbocycles. The number of amides is 1. The largest absolute Gasteiger partial charge is 0.465 e. The highest BCUT2D eigenvalue weighted by molar-refractivity contribution is 6.11. The molecule has 39 heavy (non-hydrogen) atoms. The third-order valence-electron chi connectivity index (χ3n) is 6.59. The van der Waals surface area contributed by atoms with Crippen LogP contribution in [0.4, 0.5) is 10.1 Å². The molecule has 9 heteroatoms. The number of nitrogens with zero attached hydrogens (tertiary/aromatic N) is 1. The average molecular weight is 530 g/mol. The minimum Gasteiger partial charge on any atom is -0.465 e. The van der Waals surface area contributed by atoms with Crippen molar-refractivity contribution in [2.75, 3.05) is 18.6 Å². The Bertz CT molecular complexity index is 1640. The highest BCUT2D eigenvalue weighted by atomic mass is 19.1. The SMILES string of the molecule is CCCCOC(=O)c1ccc(N2C(=O)c3oc4ccc(F)cc4c(=O)c3C2c2ccc(C(=O)OC)cc2)cc1. The van der Waals surface area contributed by atoms with Gasteiger partial charge in [0.1, 0.15) is 11.4 Å². The zero-order chi connectivity index (χ0) is 27.7. The fourth-order valence-corrected chi connectivity index (χ4v) is 4.60. The Balaban J connectivity index is 1.62. The Hall–Kier alpha value is -4.79. The molecule has 0 aliphatic carbocycles. The Labute approximate surface area is 222 Å². The first kappa shape index (κ1) is 25.8. The average Bonchev–Trinajstić information content (AvgIpc) is 3.25. The summed E-state index contributed by atoms with van der Waals surface area (Å²) in [6.45, 7) is 2.30. The second kappa shape index (κ2) is 10.5. The van der Waals surface area contributed by atoms with Crippen LogP contribution in [-0.4, -0.2) is 31.6 Å². The lowest BCUT2D eigenvalue weighted by Gasteiger charge is -2.25. The van der Waals surface area contributed by atoms with E-state index in [2.05, 4.69) is 0 Å². The Kier molecular flexibility index (Phi) is 6.98. The van der Waals surface area contributed by atoms with Gasteiger partial charge in [-0.3, -0.25) is 14.5 Å². The zero-order valence-corrected chi connectivity index (χ0v) is 21.2. The number of benzene rings is 3. The van der Waals surface area contributed by atoms with Gasteiger partial charge in [0.2, 0.25) is 5.76 Å². The second-order valence-corrected chi connectivity index (χ2v) is 9.04. The van der Waals surface area contributed by atoms with E-state index in [1.807, 2.05) is 6.92 Å². The maximum Gasteiger partial charge on any atom is 0.338 e. The van der Waals surface area contributed by atoms with Crippen molar-refractivity contribution in [1.29, 1.82) is 0 Å². The third kappa shape index (κ3) is 4.67. The van der Waals surface area contributed by atoms with Gasteiger partial charge >= 0.3 is 11.9 Å². The van der Waals surface area contributed by atoms with Gasteiger partial charge in [-0.1, -0.05) is 25.5 Å². The molecule has 0 radical (unpaired) electrons. The minimum absolute atomic E-state index is 0.00440. The van der Waals surface area contributed by atoms with Crippen molar-refractivity contribution >= 4 is 34.5 Å². The molecule has 1 atom stereocenters. The third-order valence-corrected chi connectivity index (χ3v) is 6.59. The molecule has 1 amide bonds. The van der Waals surface area contributed by atoms with Gasteiger partial charge in [-0.2, -0.15) is 0 Å². The van der Waals surface area contributed by atoms with Crippen molar-refractivity contribution in [2.45, 2.75) is 25.8 Å². The molecule has 0 fully saturated rings. The van der Waals surface area contributed by atoms with E-state index in [4.69, 9.17) is 13.9 Å². The van der Waals surface area contributed by atoms with Crippen LogP contribution in [0, 0.1) is 5.82 Å². The number of methoxy groups -OCH3 is 1. The molecule has 0 N–H and O–H groups in total. The van der Waals surface area contributed by atoms with Gasteiger partial charge in [0, 0.05) is 5.69 Å². The van der Waals surface area contributed by atoms with Crippen molar-refractivity contribution in [3.05, 3.63) is 111 Å². The normalized spacial score (nSPS) is 14.4. The van der Waals surface area contributed by atoms with Crippen LogP contribution in [0.3, 0.4) is 0 Å². The summed E-state index contributed by atoms with van der Waals surface area (Å²) < 4.78 is 29.9. The summed E-state index contributed by atoms with van der Waals surface area (Å²) in [5.74, 6) is -2.37.